The van der Waals surface area contributed by atoms with E-state index in [4.69, 9.17) is 59.6 Å². The molecule has 0 atom stereocenters. The minimum Gasteiger partial charge on any atom is -0.495 e. The van der Waals surface area contributed by atoms with Gasteiger partial charge in [-0.1, -0.05) is 69.0 Å². The van der Waals surface area contributed by atoms with Crippen LogP contribution in [0.4, 0.5) is 62.0 Å². The Labute approximate surface area is 468 Å². The first-order chi connectivity index (χ1) is 39.0. The zero-order valence-corrected chi connectivity index (χ0v) is 44.8. The number of halogens is 3. The van der Waals surface area contributed by atoms with E-state index in [2.05, 4.69) is 76.2 Å². The Hall–Kier alpha value is -9.91. The number of aromatic nitrogens is 8. The van der Waals surface area contributed by atoms with Crippen molar-refractivity contribution in [3.05, 3.63) is 172 Å². The molecule has 5 aromatic carbocycles. The number of anilines is 10. The second-order valence-corrected chi connectivity index (χ2v) is 17.5. The largest absolute Gasteiger partial charge is 0.495 e. The molecular weight excluding hydrogens is 1070 g/mol. The second-order valence-electron chi connectivity index (χ2n) is 16.7. The summed E-state index contributed by atoms with van der Waals surface area (Å²) in [6.07, 6.45) is 10.2. The minimum atomic E-state index is -0.266. The Bertz CT molecular complexity index is 3610. The average molecular weight is 1120 g/mol. The summed E-state index contributed by atoms with van der Waals surface area (Å²) in [5.41, 5.74) is 24.4. The number of benzene rings is 5. The van der Waals surface area contributed by atoms with Crippen LogP contribution in [0.2, 0.25) is 10.0 Å². The van der Waals surface area contributed by atoms with Crippen molar-refractivity contribution in [2.24, 2.45) is 15.5 Å². The number of nitrogens with zero attached hydrogens (tertiary/aromatic N) is 12. The number of oxime groups is 3. The Morgan fingerprint density at radius 2 is 1.18 bits per heavy atom. The third kappa shape index (κ3) is 15.2. The van der Waals surface area contributed by atoms with Crippen LogP contribution < -0.4 is 47.6 Å². The summed E-state index contributed by atoms with van der Waals surface area (Å²) in [5.74, 6) is 3.27. The SMILES string of the molecule is CO/N=C/c1c(N)ncnc1Nc1ccc(N2CCOCC2)c(Cl)c1.CO/N=C/c1c(N)ncnc1Nc1ccc(OC)c(Cl)c1.Nc1ncnc(Nc2ccc3c(cnn3Cc3cccc(F)c3)c2)c1/C=N/Oc1ccccc1. The Balaban J connectivity index is 0.000000163. The van der Waals surface area contributed by atoms with Crippen molar-refractivity contribution in [2.75, 3.05) is 85.7 Å². The van der Waals surface area contributed by atoms with Crippen LogP contribution >= 0.6 is 23.2 Å². The van der Waals surface area contributed by atoms with Crippen molar-refractivity contribution in [3.8, 4) is 11.5 Å². The molecule has 1 aliphatic rings. The summed E-state index contributed by atoms with van der Waals surface area (Å²) in [5, 5.41) is 27.5. The molecule has 0 aliphatic carbocycles. The first-order valence-electron chi connectivity index (χ1n) is 24.2. The molecule has 80 heavy (non-hydrogen) atoms. The van der Waals surface area contributed by atoms with Crippen LogP contribution in [-0.4, -0.2) is 106 Å². The lowest BCUT2D eigenvalue weighted by atomic mass is 10.2. The molecular formula is C54H53Cl2FN18O5. The van der Waals surface area contributed by atoms with E-state index < -0.39 is 0 Å². The van der Waals surface area contributed by atoms with Crippen molar-refractivity contribution in [2.45, 2.75) is 6.54 Å². The zero-order chi connectivity index (χ0) is 56.2. The number of hydrogen-bond donors (Lipinski definition) is 6. The van der Waals surface area contributed by atoms with Crippen molar-refractivity contribution in [1.82, 2.24) is 39.7 Å². The fourth-order valence-electron chi connectivity index (χ4n) is 7.64. The van der Waals surface area contributed by atoms with Gasteiger partial charge in [-0.25, -0.2) is 34.3 Å². The standard InChI is InChI=1S/C25H20FN7O.C16H19ClN6O2.C13H14ClN5O2/c26-19-6-4-5-17(11-19)15-33-23-10-9-20(12-18(23)13-30-33)32-25-22(24(27)28-16-29-25)14-31-34-21-7-2-1-3-8-21;1-24-21-9-12-15(18)19-10-20-16(12)22-11-2-3-14(13(17)8-11)23-4-6-25-7-5-23;1-20-11-4-3-8(5-10(11)14)19-13-9(6-18-21-2)12(15)16-7-17-13/h1-14,16H,15H2,(H3,27,28,29,32);2-3,8-10H,4-7H2,1H3,(H3,18,19,20,22);3-7H,1-2H3,(H3,15,16,17,19)/b31-14+;21-9+;18-6+. The second kappa shape index (κ2) is 27.9. The molecule has 1 aliphatic heterocycles. The van der Waals surface area contributed by atoms with Gasteiger partial charge in [-0.05, 0) is 84.4 Å². The molecule has 0 amide bonds. The number of rotatable bonds is 17. The zero-order valence-electron chi connectivity index (χ0n) is 43.2. The number of nitrogen functional groups attached to an aromatic ring is 3. The van der Waals surface area contributed by atoms with Crippen LogP contribution in [0.25, 0.3) is 10.9 Å². The summed E-state index contributed by atoms with van der Waals surface area (Å²) in [6.45, 7) is 3.54. The summed E-state index contributed by atoms with van der Waals surface area (Å²) in [7, 11) is 4.44. The highest BCUT2D eigenvalue weighted by Gasteiger charge is 2.17. The van der Waals surface area contributed by atoms with Crippen LogP contribution in [0, 0.1) is 5.82 Å². The molecule has 1 saturated heterocycles. The number of morpholine rings is 1. The van der Waals surface area contributed by atoms with Gasteiger partial charge in [-0.3, -0.25) is 4.68 Å². The molecule has 5 heterocycles. The third-order valence-corrected chi connectivity index (χ3v) is 12.1. The molecule has 23 nitrogen and oxygen atoms in total. The minimum absolute atomic E-state index is 0.266. The number of para-hydroxylation sites is 1. The molecule has 10 rings (SSSR count). The van der Waals surface area contributed by atoms with Crippen LogP contribution in [0.5, 0.6) is 11.5 Å². The maximum atomic E-state index is 13.5. The fourth-order valence-corrected chi connectivity index (χ4v) is 8.20. The summed E-state index contributed by atoms with van der Waals surface area (Å²) >= 11 is 12.5. The number of nitrogens with one attached hydrogen (secondary N) is 3. The molecule has 0 unspecified atom stereocenters. The van der Waals surface area contributed by atoms with Gasteiger partial charge in [0.15, 0.2) is 5.75 Å². The van der Waals surface area contributed by atoms with E-state index in [1.807, 2.05) is 65.3 Å². The van der Waals surface area contributed by atoms with E-state index in [1.165, 1.54) is 64.0 Å². The van der Waals surface area contributed by atoms with E-state index >= 15 is 0 Å². The lowest BCUT2D eigenvalue weighted by Crippen LogP contribution is -2.36. The smallest absolute Gasteiger partial charge is 0.157 e. The molecule has 0 saturated carbocycles. The van der Waals surface area contributed by atoms with Gasteiger partial charge in [0.1, 0.15) is 79.7 Å². The molecule has 1 fully saturated rings. The van der Waals surface area contributed by atoms with Crippen molar-refractivity contribution >= 4 is 110 Å². The van der Waals surface area contributed by atoms with Crippen molar-refractivity contribution in [3.63, 3.8) is 0 Å². The first kappa shape index (κ1) is 56.3. The quantitative estimate of drug-likeness (QED) is 0.0365. The highest BCUT2D eigenvalue weighted by molar-refractivity contribution is 6.33. The van der Waals surface area contributed by atoms with Gasteiger partial charge in [-0.15, -0.1) is 0 Å². The topological polar surface area (TPSA) is 296 Å². The van der Waals surface area contributed by atoms with Crippen LogP contribution in [0.1, 0.15) is 22.3 Å². The Morgan fingerprint density at radius 1 is 0.625 bits per heavy atom. The van der Waals surface area contributed by atoms with E-state index in [0.717, 1.165) is 52.3 Å². The molecule has 26 heteroatoms. The van der Waals surface area contributed by atoms with Gasteiger partial charge in [0.25, 0.3) is 0 Å². The van der Waals surface area contributed by atoms with Crippen molar-refractivity contribution < 1.29 is 28.4 Å². The number of methoxy groups -OCH3 is 1. The number of hydrogen-bond acceptors (Lipinski definition) is 22. The Morgan fingerprint density at radius 3 is 1.73 bits per heavy atom. The molecule has 9 aromatic rings. The monoisotopic (exact) mass is 1120 g/mol. The summed E-state index contributed by atoms with van der Waals surface area (Å²) in [6, 6.07) is 32.5. The van der Waals surface area contributed by atoms with Crippen molar-refractivity contribution in [1.29, 1.82) is 0 Å². The Kier molecular flexibility index (Phi) is 19.7. The van der Waals surface area contributed by atoms with E-state index in [1.54, 1.807) is 49.7 Å². The lowest BCUT2D eigenvalue weighted by molar-refractivity contribution is 0.122. The predicted octanol–water partition coefficient (Wildman–Crippen LogP) is 9.47. The van der Waals surface area contributed by atoms with Crippen LogP contribution in [0.15, 0.2) is 150 Å². The first-order valence-corrected chi connectivity index (χ1v) is 24.9. The predicted molar refractivity (Wildman–Crippen MR) is 311 cm³/mol. The highest BCUT2D eigenvalue weighted by atomic mass is 35.5. The van der Waals surface area contributed by atoms with Crippen LogP contribution in [-0.2, 0) is 21.0 Å². The molecule has 0 radical (unpaired) electrons. The molecule has 4 aromatic heterocycles. The number of fused-ring (bicyclic) bond motifs is 1. The number of ether oxygens (including phenoxy) is 2. The number of nitrogens with two attached hydrogens (primary N) is 3. The summed E-state index contributed by atoms with van der Waals surface area (Å²) in [4.78, 5) is 41.5. The summed E-state index contributed by atoms with van der Waals surface area (Å²) < 4.78 is 25.8. The van der Waals surface area contributed by atoms with Gasteiger partial charge < -0.3 is 62.0 Å². The maximum Gasteiger partial charge on any atom is 0.157 e. The van der Waals surface area contributed by atoms with Gasteiger partial charge in [0.2, 0.25) is 0 Å². The van der Waals surface area contributed by atoms with Gasteiger partial charge in [0, 0.05) is 35.5 Å². The van der Waals surface area contributed by atoms with Gasteiger partial charge >= 0.3 is 0 Å². The van der Waals surface area contributed by atoms with E-state index in [-0.39, 0.29) is 17.5 Å². The molecule has 410 valence electrons. The van der Waals surface area contributed by atoms with E-state index in [0.29, 0.717) is 81.3 Å². The van der Waals surface area contributed by atoms with Gasteiger partial charge in [-0.2, -0.15) is 5.10 Å². The van der Waals surface area contributed by atoms with E-state index in [9.17, 15) is 4.39 Å². The molecule has 0 spiro atoms. The molecule has 0 bridgehead atoms. The normalized spacial score (nSPS) is 12.2. The highest BCUT2D eigenvalue weighted by Crippen LogP contribution is 2.33. The maximum absolute atomic E-state index is 13.5. The van der Waals surface area contributed by atoms with Crippen LogP contribution in [0.3, 0.4) is 0 Å². The fraction of sp³-hybridized carbons (Fsp3) is 0.148. The lowest BCUT2D eigenvalue weighted by Gasteiger charge is -2.29. The third-order valence-electron chi connectivity index (χ3n) is 11.5. The molecule has 9 N–H and O–H groups in total. The van der Waals surface area contributed by atoms with Gasteiger partial charge in [0.05, 0.1) is 89.6 Å². The average Bonchev–Trinajstić information content (AvgIpc) is 3.86.